The Balaban J connectivity index is -0.000000549. The van der Waals surface area contributed by atoms with Crippen molar-refractivity contribution in [2.75, 3.05) is 34.0 Å². The number of carbonyl (C=O) groups excluding carboxylic acids is 3. The monoisotopic (exact) mass is 1100 g/mol. The lowest BCUT2D eigenvalue weighted by atomic mass is 10.4. The van der Waals surface area contributed by atoms with E-state index in [4.69, 9.17) is 35.4 Å². The van der Waals surface area contributed by atoms with E-state index in [1.165, 1.54) is 5.19 Å². The van der Waals surface area contributed by atoms with Gasteiger partial charge >= 0.3 is 35.0 Å². The minimum atomic E-state index is -2.84. The molecular weight excluding hydrogens is 1000 g/mol. The van der Waals surface area contributed by atoms with E-state index in [0.29, 0.717) is 36.5 Å². The maximum Gasteiger partial charge on any atom is 0.350 e. The van der Waals surface area contributed by atoms with Crippen molar-refractivity contribution in [1.82, 2.24) is 0 Å². The highest BCUT2D eigenvalue weighted by molar-refractivity contribution is 6.95. The Morgan fingerprint density at radius 1 is 0.486 bits per heavy atom. The molecule has 0 aliphatic rings. The number of hydrogen-bond acceptors (Lipinski definition) is 12. The van der Waals surface area contributed by atoms with Crippen molar-refractivity contribution in [1.29, 1.82) is 0 Å². The Labute approximate surface area is 435 Å². The molecule has 0 saturated heterocycles. The fraction of sp³-hybridized carbons (Fsp3) is 0.588. The number of rotatable bonds is 25. The molecule has 0 spiro atoms. The van der Waals surface area contributed by atoms with Gasteiger partial charge in [0.25, 0.3) is 0 Å². The minimum Gasteiger partial charge on any atom is -0.462 e. The fourth-order valence-corrected chi connectivity index (χ4v) is 27.2. The van der Waals surface area contributed by atoms with Crippen molar-refractivity contribution in [2.45, 2.75) is 165 Å². The van der Waals surface area contributed by atoms with E-state index in [1.807, 2.05) is 37.4 Å². The van der Waals surface area contributed by atoms with Gasteiger partial charge in [-0.05, 0) is 160 Å². The smallest absolute Gasteiger partial charge is 0.350 e. The van der Waals surface area contributed by atoms with E-state index >= 15 is 0 Å². The molecule has 0 aliphatic heterocycles. The summed E-state index contributed by atoms with van der Waals surface area (Å²) in [5.74, 6) is -1.06. The van der Waals surface area contributed by atoms with Gasteiger partial charge in [-0.1, -0.05) is 95.3 Å². The maximum atomic E-state index is 11.7. The Hall–Kier alpha value is -2.65. The molecule has 0 fully saturated rings. The van der Waals surface area contributed by atoms with Crippen LogP contribution in [0.2, 0.25) is 110 Å². The lowest BCUT2D eigenvalue weighted by Crippen LogP contribution is -2.63. The van der Waals surface area contributed by atoms with Gasteiger partial charge in [0, 0.05) is 30.9 Å². The van der Waals surface area contributed by atoms with Gasteiger partial charge in [0.1, 0.15) is 0 Å². The molecule has 0 amide bonds. The minimum absolute atomic E-state index is 0. The molecule has 404 valence electrons. The largest absolute Gasteiger partial charge is 0.462 e. The predicted molar refractivity (Wildman–Crippen MR) is 313 cm³/mol. The molecule has 12 nitrogen and oxygen atoms in total. The number of carbonyl (C=O) groups is 3. The first-order valence-corrected chi connectivity index (χ1v) is 44.3. The van der Waals surface area contributed by atoms with E-state index in [-0.39, 0.29) is 32.8 Å². The van der Waals surface area contributed by atoms with Crippen LogP contribution < -0.4 is 10.4 Å². The first-order valence-electron chi connectivity index (χ1n) is 23.5. The lowest BCUT2D eigenvalue weighted by Gasteiger charge is -2.42. The third kappa shape index (κ3) is 37.1. The zero-order valence-electron chi connectivity index (χ0n) is 45.7. The van der Waals surface area contributed by atoms with Gasteiger partial charge in [0.05, 0.1) is 19.8 Å². The summed E-state index contributed by atoms with van der Waals surface area (Å²) in [6.45, 7) is 46.3. The molecule has 1 unspecified atom stereocenters. The van der Waals surface area contributed by atoms with Crippen molar-refractivity contribution in [2.24, 2.45) is 0 Å². The Morgan fingerprint density at radius 3 is 1.10 bits per heavy atom. The van der Waals surface area contributed by atoms with Crippen LogP contribution in [0.5, 0.6) is 0 Å². The summed E-state index contributed by atoms with van der Waals surface area (Å²) in [7, 11) is -10.8. The van der Waals surface area contributed by atoms with E-state index in [9.17, 15) is 19.2 Å². The summed E-state index contributed by atoms with van der Waals surface area (Å²) < 4.78 is 46.6. The maximum absolute atomic E-state index is 11.7. The molecule has 1 N–H and O–H groups in total. The quantitative estimate of drug-likeness (QED) is 0.0332. The van der Waals surface area contributed by atoms with Crippen LogP contribution in [-0.2, 0) is 49.8 Å². The van der Waals surface area contributed by atoms with E-state index in [1.54, 1.807) is 35.0 Å². The summed E-state index contributed by atoms with van der Waals surface area (Å²) in [6, 6.07) is 23.0. The van der Waals surface area contributed by atoms with Crippen molar-refractivity contribution in [3.8, 4) is 0 Å². The normalized spacial score (nSPS) is 12.5. The highest BCUT2D eigenvalue weighted by Crippen LogP contribution is 2.28. The van der Waals surface area contributed by atoms with Crippen LogP contribution in [0.1, 0.15) is 54.9 Å². The lowest BCUT2D eigenvalue weighted by molar-refractivity contribution is -0.139. The van der Waals surface area contributed by atoms with Crippen molar-refractivity contribution in [3.05, 3.63) is 97.1 Å². The molecule has 0 radical (unpaired) electrons. The average molecular weight is 1100 g/mol. The average Bonchev–Trinajstić information content (AvgIpc) is 3.22. The molecule has 2 rings (SSSR count). The molecule has 1 atom stereocenters. The number of ether oxygens (including phenoxy) is 3. The molecule has 0 aromatic heterocycles. The topological polar surface area (TPSA) is 145 Å². The Kier molecular flexibility index (Phi) is 36.6. The van der Waals surface area contributed by atoms with Crippen LogP contribution >= 0.6 is 0 Å². The molecule has 70 heavy (non-hydrogen) atoms. The molecule has 2 aromatic carbocycles. The van der Waals surface area contributed by atoms with E-state index < -0.39 is 58.7 Å². The molecule has 19 heteroatoms. The third-order valence-corrected chi connectivity index (χ3v) is 31.4. The first-order chi connectivity index (χ1) is 30.9. The van der Waals surface area contributed by atoms with Gasteiger partial charge in [-0.25, -0.2) is 14.4 Å². The van der Waals surface area contributed by atoms with Crippen molar-refractivity contribution >= 4 is 87.0 Å². The van der Waals surface area contributed by atoms with Gasteiger partial charge in [-0.2, -0.15) is 0 Å². The van der Waals surface area contributed by atoms with Gasteiger partial charge < -0.3 is 40.2 Å². The summed E-state index contributed by atoms with van der Waals surface area (Å²) >= 11 is 0. The second-order valence-corrected chi connectivity index (χ2v) is 49.3. The van der Waals surface area contributed by atoms with Gasteiger partial charge in [0.15, 0.2) is 33.3 Å². The molecule has 0 heterocycles. The Bertz CT molecular complexity index is 1830. The van der Waals surface area contributed by atoms with E-state index in [0.717, 1.165) is 42.6 Å². The van der Waals surface area contributed by atoms with Gasteiger partial charge in [0.2, 0.25) is 8.32 Å². The fourth-order valence-electron chi connectivity index (χ4n) is 5.99. The van der Waals surface area contributed by atoms with Gasteiger partial charge in [-0.15, -0.1) is 0 Å². The highest BCUT2D eigenvalue weighted by atomic mass is 28.5. The van der Waals surface area contributed by atoms with Crippen molar-refractivity contribution < 1.29 is 54.6 Å². The first kappa shape index (κ1) is 73.9. The van der Waals surface area contributed by atoms with Crippen LogP contribution in [-0.4, -0.2) is 115 Å². The SMILES string of the molecule is C.C.C=C(C)C(=O)OCCC[Si](C)(C)O.C=C(C)C(=O)OCCC[Si](C)(C)O[Si](C)(C)O[Si](C)(O[Si](C)(C)CCCOC(=O)C(=C)C)c1ccccc1.CO[Si](C)(C)C.CO[Si](C)(C)c1ccccc1. The van der Waals surface area contributed by atoms with Crippen LogP contribution in [0.25, 0.3) is 0 Å². The zero-order valence-corrected chi connectivity index (χ0v) is 52.7. The molecule has 0 bridgehead atoms. The summed E-state index contributed by atoms with van der Waals surface area (Å²) in [6.07, 6.45) is 2.20. The van der Waals surface area contributed by atoms with Crippen LogP contribution in [0.4, 0.5) is 0 Å². The number of benzene rings is 2. The molecule has 0 aliphatic carbocycles. The molecule has 2 aromatic rings. The summed E-state index contributed by atoms with van der Waals surface area (Å²) in [5.41, 5.74) is 1.23. The molecular formula is C51H100O12Si7. The van der Waals surface area contributed by atoms with Crippen LogP contribution in [0, 0.1) is 0 Å². The van der Waals surface area contributed by atoms with Crippen molar-refractivity contribution in [3.63, 3.8) is 0 Å². The number of hydrogen-bond donors (Lipinski definition) is 1. The predicted octanol–water partition coefficient (Wildman–Crippen LogP) is 12.3. The molecule has 0 saturated carbocycles. The Morgan fingerprint density at radius 2 is 0.800 bits per heavy atom. The number of esters is 3. The standard InChI is InChI=1S/C27H48O7Si4.C9H18O3Si.C9H14OSi.C4H12OSi.2CH4/c1-23(2)26(28)30-19-15-21-35(5,6)32-37(9,10)34-38(11,25-17-13-12-14-18-25)33-36(7,8)22-16-20-31-27(29)24(3)4;1-8(2)9(10)12-6-5-7-13(3,4)11;1-10-11(2,3)9-7-5-4-6-8-9;1-5-6(2,3)4;;/h12-14,17-18H,1,3,15-16,19-22H2,2,4-11H3;11H,1,5-7H2,2-4H3;4-8H,1-3H3;1-4H3;2*1H4. The van der Waals surface area contributed by atoms with Crippen LogP contribution in [0.15, 0.2) is 97.1 Å². The third-order valence-electron chi connectivity index (χ3n) is 9.85. The van der Waals surface area contributed by atoms with Gasteiger partial charge in [-0.3, -0.25) is 0 Å². The highest BCUT2D eigenvalue weighted by Gasteiger charge is 2.47. The van der Waals surface area contributed by atoms with Crippen LogP contribution in [0.3, 0.4) is 0 Å². The second kappa shape index (κ2) is 34.7. The summed E-state index contributed by atoms with van der Waals surface area (Å²) in [4.78, 5) is 43.7. The summed E-state index contributed by atoms with van der Waals surface area (Å²) in [5, 5.41) is 2.42. The van der Waals surface area contributed by atoms with E-state index in [2.05, 4.69) is 135 Å². The zero-order chi connectivity index (χ0) is 53.2. The second-order valence-electron chi connectivity index (χ2n) is 20.8.